The third-order valence-electron chi connectivity index (χ3n) is 3.96. The molecule has 0 unspecified atom stereocenters. The van der Waals surface area contributed by atoms with Crippen molar-refractivity contribution in [2.45, 2.75) is 32.7 Å². The van der Waals surface area contributed by atoms with E-state index in [0.29, 0.717) is 5.15 Å². The van der Waals surface area contributed by atoms with Crippen LogP contribution in [0.2, 0.25) is 10.2 Å². The summed E-state index contributed by atoms with van der Waals surface area (Å²) in [4.78, 5) is 0. The normalized spacial score (nSPS) is 14.1. The summed E-state index contributed by atoms with van der Waals surface area (Å²) in [6.07, 6.45) is 5.44. The van der Waals surface area contributed by atoms with E-state index in [1.807, 2.05) is 18.2 Å². The lowest BCUT2D eigenvalue weighted by atomic mass is 9.96. The Labute approximate surface area is 129 Å². The second-order valence-electron chi connectivity index (χ2n) is 5.20. The molecule has 104 valence electrons. The Morgan fingerprint density at radius 2 is 1.85 bits per heavy atom. The molecule has 0 N–H and O–H groups in total. The molecule has 0 saturated heterocycles. The maximum atomic E-state index is 6.45. The molecule has 1 nitrogen and oxygen atoms in total. The molecule has 0 aliphatic heterocycles. The van der Waals surface area contributed by atoms with E-state index in [0.717, 1.165) is 30.8 Å². The molecular weight excluding hydrogens is 289 g/mol. The number of hydrogen-bond donors (Lipinski definition) is 0. The summed E-state index contributed by atoms with van der Waals surface area (Å²) in [6.45, 7) is 2.97. The van der Waals surface area contributed by atoms with Crippen LogP contribution in [-0.4, -0.2) is 4.57 Å². The van der Waals surface area contributed by atoms with Crippen molar-refractivity contribution in [3.05, 3.63) is 62.9 Å². The fourth-order valence-electron chi connectivity index (χ4n) is 2.78. The molecule has 0 radical (unpaired) electrons. The Morgan fingerprint density at radius 3 is 2.55 bits per heavy atom. The van der Waals surface area contributed by atoms with Gasteiger partial charge < -0.3 is 4.57 Å². The van der Waals surface area contributed by atoms with Crippen LogP contribution in [0.4, 0.5) is 0 Å². The molecule has 20 heavy (non-hydrogen) atoms. The Balaban J connectivity index is 2.06. The number of fused-ring (bicyclic) bond motifs is 1. The highest BCUT2D eigenvalue weighted by Gasteiger charge is 2.22. The molecule has 0 fully saturated rings. The topological polar surface area (TPSA) is 4.93 Å². The van der Waals surface area contributed by atoms with Gasteiger partial charge in [-0.1, -0.05) is 66.0 Å². The number of halogens is 2. The van der Waals surface area contributed by atoms with Gasteiger partial charge in [0, 0.05) is 12.2 Å². The number of aromatic nitrogens is 1. The van der Waals surface area contributed by atoms with Gasteiger partial charge in [-0.25, -0.2) is 0 Å². The SMILES string of the molecule is CCC1=Cc2c(c(Cl)c(Cl)n2Cc2ccccc2)CC1. The van der Waals surface area contributed by atoms with Gasteiger partial charge in [0.25, 0.3) is 0 Å². The standard InChI is InChI=1S/C17H17Cl2N/c1-2-12-8-9-14-15(10-12)20(17(19)16(14)18)11-13-6-4-3-5-7-13/h3-7,10H,2,8-9,11H2,1H3. The first kappa shape index (κ1) is 13.8. The third kappa shape index (κ3) is 2.41. The molecule has 0 bridgehead atoms. The van der Waals surface area contributed by atoms with E-state index >= 15 is 0 Å². The Bertz CT molecular complexity index is 653. The minimum Gasteiger partial charge on any atom is -0.326 e. The molecule has 1 aromatic carbocycles. The van der Waals surface area contributed by atoms with Crippen LogP contribution in [0.25, 0.3) is 6.08 Å². The fourth-order valence-corrected chi connectivity index (χ4v) is 3.34. The second kappa shape index (κ2) is 5.67. The van der Waals surface area contributed by atoms with Gasteiger partial charge in [-0.3, -0.25) is 0 Å². The van der Waals surface area contributed by atoms with Gasteiger partial charge in [0.1, 0.15) is 5.15 Å². The minimum atomic E-state index is 0.661. The van der Waals surface area contributed by atoms with Crippen molar-refractivity contribution in [2.75, 3.05) is 0 Å². The second-order valence-corrected chi connectivity index (χ2v) is 5.93. The number of allylic oxidation sites excluding steroid dienone is 1. The zero-order valence-electron chi connectivity index (χ0n) is 11.5. The molecule has 0 atom stereocenters. The van der Waals surface area contributed by atoms with E-state index in [1.54, 1.807) is 0 Å². The van der Waals surface area contributed by atoms with Crippen LogP contribution < -0.4 is 0 Å². The Hall–Kier alpha value is -1.18. The summed E-state index contributed by atoms with van der Waals surface area (Å²) >= 11 is 12.9. The Morgan fingerprint density at radius 1 is 1.10 bits per heavy atom. The van der Waals surface area contributed by atoms with E-state index in [-0.39, 0.29) is 0 Å². The van der Waals surface area contributed by atoms with Gasteiger partial charge in [-0.05, 0) is 36.5 Å². The minimum absolute atomic E-state index is 0.661. The van der Waals surface area contributed by atoms with Crippen LogP contribution in [0.15, 0.2) is 35.9 Å². The first-order chi connectivity index (χ1) is 9.70. The first-order valence-corrected chi connectivity index (χ1v) is 7.76. The molecule has 1 aromatic heterocycles. The summed E-state index contributed by atoms with van der Waals surface area (Å²) in [5.74, 6) is 0. The quantitative estimate of drug-likeness (QED) is 0.697. The molecule has 3 heteroatoms. The predicted molar refractivity (Wildman–Crippen MR) is 86.6 cm³/mol. The largest absolute Gasteiger partial charge is 0.326 e. The van der Waals surface area contributed by atoms with Crippen LogP contribution in [-0.2, 0) is 13.0 Å². The molecule has 0 spiro atoms. The average molecular weight is 306 g/mol. The molecule has 1 aliphatic carbocycles. The zero-order chi connectivity index (χ0) is 14.1. The van der Waals surface area contributed by atoms with Crippen LogP contribution in [0, 0.1) is 0 Å². The van der Waals surface area contributed by atoms with E-state index < -0.39 is 0 Å². The van der Waals surface area contributed by atoms with Crippen LogP contribution in [0.3, 0.4) is 0 Å². The summed E-state index contributed by atoms with van der Waals surface area (Å²) in [6, 6.07) is 10.4. The average Bonchev–Trinajstić information content (AvgIpc) is 2.73. The molecule has 0 amide bonds. The van der Waals surface area contributed by atoms with Gasteiger partial charge >= 0.3 is 0 Å². The number of benzene rings is 1. The monoisotopic (exact) mass is 305 g/mol. The zero-order valence-corrected chi connectivity index (χ0v) is 13.0. The molecule has 1 aliphatic rings. The van der Waals surface area contributed by atoms with Gasteiger partial charge in [0.05, 0.1) is 5.02 Å². The summed E-state index contributed by atoms with van der Waals surface area (Å²) in [5, 5.41) is 1.39. The summed E-state index contributed by atoms with van der Waals surface area (Å²) in [7, 11) is 0. The number of hydrogen-bond acceptors (Lipinski definition) is 0. The fraction of sp³-hybridized carbons (Fsp3) is 0.294. The van der Waals surface area contributed by atoms with Crippen molar-refractivity contribution in [3.63, 3.8) is 0 Å². The number of nitrogens with zero attached hydrogens (tertiary/aromatic N) is 1. The van der Waals surface area contributed by atoms with Crippen molar-refractivity contribution in [3.8, 4) is 0 Å². The maximum Gasteiger partial charge on any atom is 0.128 e. The molecule has 0 saturated carbocycles. The lowest BCUT2D eigenvalue weighted by Crippen LogP contribution is -2.06. The van der Waals surface area contributed by atoms with E-state index in [1.165, 1.54) is 22.4 Å². The molecule has 3 rings (SSSR count). The summed E-state index contributed by atoms with van der Waals surface area (Å²) in [5.41, 5.74) is 5.09. The van der Waals surface area contributed by atoms with E-state index in [2.05, 4.69) is 29.7 Å². The highest BCUT2D eigenvalue weighted by molar-refractivity contribution is 6.42. The van der Waals surface area contributed by atoms with Crippen LogP contribution in [0.1, 0.15) is 36.6 Å². The van der Waals surface area contributed by atoms with Crippen LogP contribution >= 0.6 is 23.2 Å². The Kier molecular flexibility index (Phi) is 3.91. The maximum absolute atomic E-state index is 6.45. The third-order valence-corrected chi connectivity index (χ3v) is 4.85. The predicted octanol–water partition coefficient (Wildman–Crippen LogP) is 5.58. The van der Waals surface area contributed by atoms with E-state index in [4.69, 9.17) is 23.2 Å². The van der Waals surface area contributed by atoms with Crippen molar-refractivity contribution in [2.24, 2.45) is 0 Å². The summed E-state index contributed by atoms with van der Waals surface area (Å²) < 4.78 is 2.13. The van der Waals surface area contributed by atoms with Crippen molar-refractivity contribution in [1.29, 1.82) is 0 Å². The molecular formula is C17H17Cl2N. The van der Waals surface area contributed by atoms with Crippen molar-refractivity contribution in [1.82, 2.24) is 4.57 Å². The van der Waals surface area contributed by atoms with Gasteiger partial charge in [0.2, 0.25) is 0 Å². The lowest BCUT2D eigenvalue weighted by Gasteiger charge is -2.15. The lowest BCUT2D eigenvalue weighted by molar-refractivity contribution is 0.777. The molecule has 2 aromatic rings. The van der Waals surface area contributed by atoms with Crippen molar-refractivity contribution < 1.29 is 0 Å². The van der Waals surface area contributed by atoms with Gasteiger partial charge in [0.15, 0.2) is 0 Å². The number of rotatable bonds is 3. The van der Waals surface area contributed by atoms with Crippen molar-refractivity contribution >= 4 is 29.3 Å². The van der Waals surface area contributed by atoms with Gasteiger partial charge in [-0.2, -0.15) is 0 Å². The van der Waals surface area contributed by atoms with Gasteiger partial charge in [-0.15, -0.1) is 0 Å². The smallest absolute Gasteiger partial charge is 0.128 e. The van der Waals surface area contributed by atoms with E-state index in [9.17, 15) is 0 Å². The van der Waals surface area contributed by atoms with Crippen LogP contribution in [0.5, 0.6) is 0 Å². The molecule has 1 heterocycles. The first-order valence-electron chi connectivity index (χ1n) is 7.00. The highest BCUT2D eigenvalue weighted by atomic mass is 35.5. The highest BCUT2D eigenvalue weighted by Crippen LogP contribution is 2.38.